The fraction of sp³-hybridized carbons (Fsp3) is 0.583. The average molecular weight is 194 g/mol. The Kier molecular flexibility index (Phi) is 7.64. The van der Waals surface area contributed by atoms with Gasteiger partial charge in [0, 0.05) is 13.3 Å². The molecule has 0 amide bonds. The fourth-order valence-electron chi connectivity index (χ4n) is 0.908. The van der Waals surface area contributed by atoms with Crippen molar-refractivity contribution < 1.29 is 9.53 Å². The number of unbranched alkanes of at least 4 members (excludes halogenated alkanes) is 2. The molecule has 0 aromatic heterocycles. The van der Waals surface area contributed by atoms with E-state index in [0.29, 0.717) is 0 Å². The third-order valence-electron chi connectivity index (χ3n) is 1.56. The lowest BCUT2D eigenvalue weighted by Gasteiger charge is -2.04. The molecule has 0 N–H and O–H groups in total. The average Bonchev–Trinajstić information content (AvgIpc) is 2.12. The molecule has 1 unspecified atom stereocenters. The van der Waals surface area contributed by atoms with Gasteiger partial charge >= 0.3 is 5.97 Å². The van der Waals surface area contributed by atoms with Crippen LogP contribution in [0.2, 0.25) is 0 Å². The van der Waals surface area contributed by atoms with E-state index in [9.17, 15) is 4.79 Å². The van der Waals surface area contributed by atoms with Crippen LogP contribution in [0.15, 0.2) is 12.2 Å². The summed E-state index contributed by atoms with van der Waals surface area (Å²) in [5.74, 6) is 5.61. The molecule has 2 nitrogen and oxygen atoms in total. The standard InChI is InChI=1S/C12H18O2/c1-4-6-7-8-10-12(9-5-2)14-11(3)13/h5,9,12H,4,6-7H2,1-3H3. The van der Waals surface area contributed by atoms with E-state index in [1.807, 2.05) is 13.0 Å². The van der Waals surface area contributed by atoms with E-state index in [-0.39, 0.29) is 12.1 Å². The van der Waals surface area contributed by atoms with Crippen LogP contribution in [-0.2, 0) is 9.53 Å². The van der Waals surface area contributed by atoms with Crippen LogP contribution in [0.3, 0.4) is 0 Å². The molecule has 0 saturated carbocycles. The molecule has 0 bridgehead atoms. The number of ether oxygens (including phenoxy) is 1. The maximum absolute atomic E-state index is 10.7. The quantitative estimate of drug-likeness (QED) is 0.298. The first-order valence-corrected chi connectivity index (χ1v) is 4.99. The molecular formula is C12H18O2. The molecule has 0 heterocycles. The largest absolute Gasteiger partial charge is 0.445 e. The monoisotopic (exact) mass is 194 g/mol. The van der Waals surface area contributed by atoms with Crippen LogP contribution in [0.4, 0.5) is 0 Å². The summed E-state index contributed by atoms with van der Waals surface area (Å²) in [5, 5.41) is 0. The molecule has 0 aromatic carbocycles. The zero-order valence-electron chi connectivity index (χ0n) is 9.17. The van der Waals surface area contributed by atoms with E-state index in [1.54, 1.807) is 6.08 Å². The van der Waals surface area contributed by atoms with Crippen LogP contribution in [0.25, 0.3) is 0 Å². The topological polar surface area (TPSA) is 26.3 Å². The Morgan fingerprint density at radius 3 is 2.79 bits per heavy atom. The molecule has 0 fully saturated rings. The van der Waals surface area contributed by atoms with Crippen molar-refractivity contribution in [1.29, 1.82) is 0 Å². The molecule has 0 aliphatic carbocycles. The molecule has 0 radical (unpaired) electrons. The zero-order valence-corrected chi connectivity index (χ0v) is 9.17. The van der Waals surface area contributed by atoms with Crippen molar-refractivity contribution in [2.75, 3.05) is 0 Å². The molecule has 1 atom stereocenters. The minimum atomic E-state index is -0.380. The van der Waals surface area contributed by atoms with Crippen LogP contribution in [-0.4, -0.2) is 12.1 Å². The number of carbonyl (C=O) groups is 1. The molecule has 0 rings (SSSR count). The van der Waals surface area contributed by atoms with Gasteiger partial charge in [-0.3, -0.25) is 4.79 Å². The molecule has 78 valence electrons. The number of hydrogen-bond donors (Lipinski definition) is 0. The molecule has 0 aromatic rings. The predicted octanol–water partition coefficient (Wildman–Crippen LogP) is 2.69. The van der Waals surface area contributed by atoms with Gasteiger partial charge in [0.2, 0.25) is 0 Å². The Labute approximate surface area is 86.3 Å². The summed E-state index contributed by atoms with van der Waals surface area (Å²) in [6.45, 7) is 5.39. The van der Waals surface area contributed by atoms with Gasteiger partial charge in [0.1, 0.15) is 0 Å². The zero-order chi connectivity index (χ0) is 10.8. The van der Waals surface area contributed by atoms with E-state index in [4.69, 9.17) is 4.74 Å². The lowest BCUT2D eigenvalue weighted by atomic mass is 10.2. The van der Waals surface area contributed by atoms with E-state index in [0.717, 1.165) is 19.3 Å². The lowest BCUT2D eigenvalue weighted by molar-refractivity contribution is -0.142. The number of rotatable bonds is 4. The highest BCUT2D eigenvalue weighted by Crippen LogP contribution is 1.96. The Morgan fingerprint density at radius 2 is 2.29 bits per heavy atom. The maximum atomic E-state index is 10.7. The fourth-order valence-corrected chi connectivity index (χ4v) is 0.908. The van der Waals surface area contributed by atoms with Crippen molar-refractivity contribution in [3.8, 4) is 11.8 Å². The molecule has 0 saturated heterocycles. The minimum Gasteiger partial charge on any atom is -0.445 e. The van der Waals surface area contributed by atoms with Crippen molar-refractivity contribution in [1.82, 2.24) is 0 Å². The molecule has 14 heavy (non-hydrogen) atoms. The van der Waals surface area contributed by atoms with Gasteiger partial charge in [0.15, 0.2) is 6.10 Å². The molecule has 2 heteroatoms. The van der Waals surface area contributed by atoms with Gasteiger partial charge in [-0.1, -0.05) is 31.3 Å². The first kappa shape index (κ1) is 12.8. The summed E-state index contributed by atoms with van der Waals surface area (Å²) in [6.07, 6.45) is 6.33. The van der Waals surface area contributed by atoms with Gasteiger partial charge in [0.25, 0.3) is 0 Å². The number of esters is 1. The summed E-state index contributed by atoms with van der Waals surface area (Å²) >= 11 is 0. The third kappa shape index (κ3) is 7.42. The lowest BCUT2D eigenvalue weighted by Crippen LogP contribution is -2.11. The third-order valence-corrected chi connectivity index (χ3v) is 1.56. The van der Waals surface area contributed by atoms with Crippen LogP contribution in [0.1, 0.15) is 40.0 Å². The van der Waals surface area contributed by atoms with Crippen molar-refractivity contribution in [3.05, 3.63) is 12.2 Å². The predicted molar refractivity (Wildman–Crippen MR) is 57.7 cm³/mol. The summed E-state index contributed by atoms with van der Waals surface area (Å²) in [4.78, 5) is 10.7. The van der Waals surface area contributed by atoms with Crippen LogP contribution < -0.4 is 0 Å². The molecule has 0 spiro atoms. The second-order valence-corrected chi connectivity index (χ2v) is 2.98. The molecular weight excluding hydrogens is 176 g/mol. The van der Waals surface area contributed by atoms with Crippen LogP contribution >= 0.6 is 0 Å². The minimum absolute atomic E-state index is 0.294. The second-order valence-electron chi connectivity index (χ2n) is 2.98. The second kappa shape index (κ2) is 8.37. The highest BCUT2D eigenvalue weighted by Gasteiger charge is 2.01. The van der Waals surface area contributed by atoms with Crippen molar-refractivity contribution in [3.63, 3.8) is 0 Å². The van der Waals surface area contributed by atoms with E-state index < -0.39 is 0 Å². The molecule has 0 aliphatic heterocycles. The van der Waals surface area contributed by atoms with E-state index in [2.05, 4.69) is 18.8 Å². The summed E-state index contributed by atoms with van der Waals surface area (Å²) < 4.78 is 4.97. The Morgan fingerprint density at radius 1 is 1.57 bits per heavy atom. The van der Waals surface area contributed by atoms with E-state index >= 15 is 0 Å². The first-order valence-electron chi connectivity index (χ1n) is 4.99. The van der Waals surface area contributed by atoms with Crippen LogP contribution in [0, 0.1) is 11.8 Å². The highest BCUT2D eigenvalue weighted by atomic mass is 16.5. The number of carbonyl (C=O) groups excluding carboxylic acids is 1. The van der Waals surface area contributed by atoms with Gasteiger partial charge in [-0.25, -0.2) is 0 Å². The summed E-state index contributed by atoms with van der Waals surface area (Å²) in [7, 11) is 0. The van der Waals surface area contributed by atoms with Gasteiger partial charge in [-0.05, 0) is 19.4 Å². The van der Waals surface area contributed by atoms with E-state index in [1.165, 1.54) is 6.92 Å². The molecule has 0 aliphatic rings. The Bertz CT molecular complexity index is 243. The van der Waals surface area contributed by atoms with Crippen molar-refractivity contribution >= 4 is 5.97 Å². The normalized spacial score (nSPS) is 11.9. The first-order chi connectivity index (χ1) is 6.70. The van der Waals surface area contributed by atoms with Gasteiger partial charge < -0.3 is 4.74 Å². The maximum Gasteiger partial charge on any atom is 0.304 e. The Balaban J connectivity index is 4.05. The van der Waals surface area contributed by atoms with Crippen molar-refractivity contribution in [2.24, 2.45) is 0 Å². The Hall–Kier alpha value is -1.23. The highest BCUT2D eigenvalue weighted by molar-refractivity contribution is 5.66. The van der Waals surface area contributed by atoms with Crippen molar-refractivity contribution in [2.45, 2.75) is 46.1 Å². The smallest absolute Gasteiger partial charge is 0.304 e. The summed E-state index contributed by atoms with van der Waals surface area (Å²) in [6, 6.07) is 0. The SMILES string of the molecule is CC=CC(C#CCCCC)OC(C)=O. The number of hydrogen-bond acceptors (Lipinski definition) is 2. The van der Waals surface area contributed by atoms with Gasteiger partial charge in [-0.2, -0.15) is 0 Å². The van der Waals surface area contributed by atoms with Crippen LogP contribution in [0.5, 0.6) is 0 Å². The van der Waals surface area contributed by atoms with Gasteiger partial charge in [-0.15, -0.1) is 0 Å². The number of allylic oxidation sites excluding steroid dienone is 1. The summed E-state index contributed by atoms with van der Waals surface area (Å²) in [5.41, 5.74) is 0. The van der Waals surface area contributed by atoms with Gasteiger partial charge in [0.05, 0.1) is 0 Å².